The van der Waals surface area contributed by atoms with E-state index in [-0.39, 0.29) is 11.9 Å². The number of aromatic nitrogens is 4. The Balaban J connectivity index is 1.54. The third kappa shape index (κ3) is 2.62. The van der Waals surface area contributed by atoms with Crippen LogP contribution in [0.15, 0.2) is 28.6 Å². The van der Waals surface area contributed by atoms with Crippen LogP contribution >= 0.6 is 23.1 Å². The molecule has 8 heteroatoms. The Hall–Kier alpha value is -1.51. The van der Waals surface area contributed by atoms with E-state index in [1.54, 1.807) is 12.1 Å². The molecule has 1 atom stereocenters. The molecule has 0 amide bonds. The van der Waals surface area contributed by atoms with E-state index in [0.29, 0.717) is 11.3 Å². The Morgan fingerprint density at radius 3 is 3.09 bits per heavy atom. The zero-order chi connectivity index (χ0) is 14.9. The number of nitrogens with one attached hydrogen (secondary N) is 1. The minimum absolute atomic E-state index is 0.172. The van der Waals surface area contributed by atoms with Crippen molar-refractivity contribution in [1.29, 1.82) is 0 Å². The number of nitrogens with zero attached hydrogens (tertiary/aromatic N) is 4. The third-order valence-electron chi connectivity index (χ3n) is 3.68. The normalized spacial score (nSPS) is 18.3. The van der Waals surface area contributed by atoms with Gasteiger partial charge in [0.15, 0.2) is 10.2 Å². The maximum atomic E-state index is 13.6. The van der Waals surface area contributed by atoms with E-state index in [0.717, 1.165) is 34.5 Å². The quantitative estimate of drug-likeness (QED) is 0.743. The molecule has 22 heavy (non-hydrogen) atoms. The Morgan fingerprint density at radius 1 is 1.36 bits per heavy atom. The fraction of sp³-hybridized carbons (Fsp3) is 0.357. The van der Waals surface area contributed by atoms with E-state index in [1.807, 2.05) is 10.6 Å². The van der Waals surface area contributed by atoms with Crippen LogP contribution in [0.3, 0.4) is 0 Å². The molecule has 3 aromatic rings. The molecule has 1 aliphatic rings. The number of halogens is 1. The summed E-state index contributed by atoms with van der Waals surface area (Å²) in [6.07, 6.45) is 2.22. The summed E-state index contributed by atoms with van der Waals surface area (Å²) in [7, 11) is 0. The molecular formula is C14H14FN5S2. The fourth-order valence-electron chi connectivity index (χ4n) is 2.55. The summed E-state index contributed by atoms with van der Waals surface area (Å²) in [5, 5.41) is 16.4. The van der Waals surface area contributed by atoms with Gasteiger partial charge in [-0.3, -0.25) is 0 Å². The van der Waals surface area contributed by atoms with Gasteiger partial charge in [-0.1, -0.05) is 41.3 Å². The topological polar surface area (TPSA) is 55.1 Å². The number of fused-ring (bicyclic) bond motifs is 1. The predicted octanol–water partition coefficient (Wildman–Crippen LogP) is 3.04. The number of hydrogen-bond acceptors (Lipinski definition) is 6. The van der Waals surface area contributed by atoms with Gasteiger partial charge in [0.2, 0.25) is 4.96 Å². The maximum absolute atomic E-state index is 13.6. The van der Waals surface area contributed by atoms with E-state index in [2.05, 4.69) is 20.6 Å². The predicted molar refractivity (Wildman–Crippen MR) is 84.6 cm³/mol. The van der Waals surface area contributed by atoms with Crippen LogP contribution in [0.4, 0.5) is 4.39 Å². The highest BCUT2D eigenvalue weighted by Crippen LogP contribution is 2.30. The van der Waals surface area contributed by atoms with Crippen LogP contribution in [0.5, 0.6) is 0 Å². The lowest BCUT2D eigenvalue weighted by atomic mass is 10.2. The van der Waals surface area contributed by atoms with Gasteiger partial charge in [-0.25, -0.2) is 4.39 Å². The molecule has 2 aromatic heterocycles. The summed E-state index contributed by atoms with van der Waals surface area (Å²) in [5.41, 5.74) is 0.691. The molecule has 4 rings (SSSR count). The molecule has 1 fully saturated rings. The van der Waals surface area contributed by atoms with Gasteiger partial charge in [0, 0.05) is 5.75 Å². The maximum Gasteiger partial charge on any atom is 0.235 e. The summed E-state index contributed by atoms with van der Waals surface area (Å²) in [4.78, 5) is 0.791. The van der Waals surface area contributed by atoms with E-state index < -0.39 is 0 Å². The molecule has 1 saturated heterocycles. The van der Waals surface area contributed by atoms with Gasteiger partial charge < -0.3 is 5.32 Å². The molecule has 114 valence electrons. The Labute approximate surface area is 135 Å². The molecule has 1 aromatic carbocycles. The summed E-state index contributed by atoms with van der Waals surface area (Å²) in [5.74, 6) is 1.27. The van der Waals surface area contributed by atoms with E-state index in [1.165, 1.54) is 29.2 Å². The lowest BCUT2D eigenvalue weighted by molar-refractivity contribution is 0.582. The number of benzene rings is 1. The SMILES string of the molecule is Fc1ccccc1CSc1nn2c([C@H]3CCCN3)nnc2s1. The van der Waals surface area contributed by atoms with Crippen LogP contribution in [-0.2, 0) is 5.75 Å². The highest BCUT2D eigenvalue weighted by molar-refractivity contribution is 8.00. The van der Waals surface area contributed by atoms with Crippen molar-refractivity contribution < 1.29 is 4.39 Å². The number of thioether (sulfide) groups is 1. The minimum Gasteiger partial charge on any atom is -0.307 e. The average molecular weight is 335 g/mol. The third-order valence-corrected chi connectivity index (χ3v) is 5.76. The van der Waals surface area contributed by atoms with Crippen LogP contribution in [0.25, 0.3) is 4.96 Å². The van der Waals surface area contributed by atoms with Crippen molar-refractivity contribution in [2.45, 2.75) is 29.0 Å². The Bertz CT molecular complexity index is 793. The number of rotatable bonds is 4. The molecule has 1 N–H and O–H groups in total. The first-order chi connectivity index (χ1) is 10.8. The van der Waals surface area contributed by atoms with Gasteiger partial charge in [-0.15, -0.1) is 15.3 Å². The second kappa shape index (κ2) is 5.94. The monoisotopic (exact) mass is 335 g/mol. The average Bonchev–Trinajstić information content (AvgIpc) is 3.22. The highest BCUT2D eigenvalue weighted by atomic mass is 32.2. The van der Waals surface area contributed by atoms with E-state index in [9.17, 15) is 4.39 Å². The first-order valence-electron chi connectivity index (χ1n) is 7.13. The van der Waals surface area contributed by atoms with E-state index >= 15 is 0 Å². The van der Waals surface area contributed by atoms with Crippen molar-refractivity contribution in [1.82, 2.24) is 25.1 Å². The van der Waals surface area contributed by atoms with Crippen LogP contribution in [-0.4, -0.2) is 26.4 Å². The molecular weight excluding hydrogens is 321 g/mol. The van der Waals surface area contributed by atoms with Crippen molar-refractivity contribution in [3.63, 3.8) is 0 Å². The summed E-state index contributed by atoms with van der Waals surface area (Å²) in [6, 6.07) is 7.07. The molecule has 0 aliphatic carbocycles. The molecule has 0 radical (unpaired) electrons. The first kappa shape index (κ1) is 14.1. The van der Waals surface area contributed by atoms with Crippen molar-refractivity contribution in [2.24, 2.45) is 0 Å². The highest BCUT2D eigenvalue weighted by Gasteiger charge is 2.23. The Morgan fingerprint density at radius 2 is 2.27 bits per heavy atom. The molecule has 3 heterocycles. The molecule has 5 nitrogen and oxygen atoms in total. The van der Waals surface area contributed by atoms with E-state index in [4.69, 9.17) is 0 Å². The zero-order valence-electron chi connectivity index (χ0n) is 11.7. The van der Waals surface area contributed by atoms with Gasteiger partial charge in [-0.05, 0) is 31.0 Å². The standard InChI is InChI=1S/C14H14FN5S2/c15-10-5-2-1-4-9(10)8-21-14-19-20-12(11-6-3-7-16-11)17-18-13(20)22-14/h1-2,4-5,11,16H,3,6-8H2/t11-/m1/s1. The lowest BCUT2D eigenvalue weighted by Crippen LogP contribution is -2.16. The van der Waals surface area contributed by atoms with Crippen LogP contribution in [0, 0.1) is 5.82 Å². The second-order valence-electron chi connectivity index (χ2n) is 5.15. The second-order valence-corrected chi connectivity index (χ2v) is 7.33. The fourth-order valence-corrected chi connectivity index (χ4v) is 4.42. The minimum atomic E-state index is -0.172. The van der Waals surface area contributed by atoms with Crippen molar-refractivity contribution in [3.05, 3.63) is 41.5 Å². The van der Waals surface area contributed by atoms with Gasteiger partial charge in [-0.2, -0.15) is 4.52 Å². The van der Waals surface area contributed by atoms with Gasteiger partial charge in [0.1, 0.15) is 5.82 Å². The summed E-state index contributed by atoms with van der Waals surface area (Å²) < 4.78 is 16.3. The van der Waals surface area contributed by atoms with Crippen molar-refractivity contribution >= 4 is 28.1 Å². The van der Waals surface area contributed by atoms with Crippen LogP contribution < -0.4 is 5.32 Å². The molecule has 0 bridgehead atoms. The first-order valence-corrected chi connectivity index (χ1v) is 8.93. The lowest BCUT2D eigenvalue weighted by Gasteiger charge is -2.05. The van der Waals surface area contributed by atoms with Gasteiger partial charge >= 0.3 is 0 Å². The molecule has 0 saturated carbocycles. The Kier molecular flexibility index (Phi) is 3.81. The smallest absolute Gasteiger partial charge is 0.235 e. The van der Waals surface area contributed by atoms with Crippen LogP contribution in [0.1, 0.15) is 30.3 Å². The summed E-state index contributed by atoms with van der Waals surface area (Å²) in [6.45, 7) is 1.01. The van der Waals surface area contributed by atoms with Gasteiger partial charge in [0.05, 0.1) is 6.04 Å². The molecule has 0 unspecified atom stereocenters. The van der Waals surface area contributed by atoms with Crippen LogP contribution in [0.2, 0.25) is 0 Å². The zero-order valence-corrected chi connectivity index (χ0v) is 13.3. The van der Waals surface area contributed by atoms with Crippen molar-refractivity contribution in [3.8, 4) is 0 Å². The largest absolute Gasteiger partial charge is 0.307 e. The molecule has 0 spiro atoms. The summed E-state index contributed by atoms with van der Waals surface area (Å²) >= 11 is 3.02. The van der Waals surface area contributed by atoms with Crippen molar-refractivity contribution in [2.75, 3.05) is 6.54 Å². The number of hydrogen-bond donors (Lipinski definition) is 1. The van der Waals surface area contributed by atoms with Gasteiger partial charge in [0.25, 0.3) is 0 Å². The molecule has 1 aliphatic heterocycles.